The summed E-state index contributed by atoms with van der Waals surface area (Å²) in [4.78, 5) is 12.9. The number of nitrogens with zero attached hydrogens (tertiary/aromatic N) is 2. The highest BCUT2D eigenvalue weighted by atomic mass is 19.4. The second-order valence-electron chi connectivity index (χ2n) is 4.31. The Bertz CT molecular complexity index is 458. The Kier molecular flexibility index (Phi) is 8.73. The fraction of sp³-hybridized carbons (Fsp3) is 0.714. The maximum atomic E-state index is 12.7. The van der Waals surface area contributed by atoms with Crippen LogP contribution in [0.1, 0.15) is 52.5 Å². The van der Waals surface area contributed by atoms with E-state index in [2.05, 4.69) is 5.10 Å². The van der Waals surface area contributed by atoms with Gasteiger partial charge in [-0.15, -0.1) is 0 Å². The predicted octanol–water partition coefficient (Wildman–Crippen LogP) is 3.83. The number of aromatic nitrogens is 2. The third kappa shape index (κ3) is 6.18. The van der Waals surface area contributed by atoms with Gasteiger partial charge in [0.2, 0.25) is 0 Å². The largest absolute Gasteiger partial charge is 0.421 e. The van der Waals surface area contributed by atoms with Crippen molar-refractivity contribution in [2.45, 2.75) is 53.1 Å². The summed E-state index contributed by atoms with van der Waals surface area (Å²) in [7, 11) is 0. The van der Waals surface area contributed by atoms with Crippen molar-refractivity contribution < 1.29 is 13.2 Å². The zero-order valence-corrected chi connectivity index (χ0v) is 13.0. The normalized spacial score (nSPS) is 10.8. The van der Waals surface area contributed by atoms with Crippen molar-refractivity contribution in [3.8, 4) is 0 Å². The standard InChI is InChI=1S/C12H18F3N3O.C2H6/c1-3-5-7-18(6-4-2)10-8-9(12(13,14)15)11(19)17-16-10;1-2/h8H,3-7H2,1-2H3,(H,17,19);1-2H3. The SMILES string of the molecule is CC.CCCCN(CCC)c1cc(C(F)(F)F)c(=O)[nH]n1. The molecule has 1 heterocycles. The minimum absolute atomic E-state index is 0.169. The molecule has 0 aliphatic heterocycles. The maximum absolute atomic E-state index is 12.7. The molecule has 0 radical (unpaired) electrons. The molecule has 0 bridgehead atoms. The lowest BCUT2D eigenvalue weighted by Gasteiger charge is -2.23. The number of hydrogen-bond acceptors (Lipinski definition) is 3. The minimum atomic E-state index is -4.66. The van der Waals surface area contributed by atoms with Crippen LogP contribution in [0.3, 0.4) is 0 Å². The van der Waals surface area contributed by atoms with Crippen LogP contribution in [0.5, 0.6) is 0 Å². The molecule has 0 aliphatic rings. The lowest BCUT2D eigenvalue weighted by Crippen LogP contribution is -2.30. The van der Waals surface area contributed by atoms with E-state index < -0.39 is 17.3 Å². The van der Waals surface area contributed by atoms with Crippen LogP contribution in [0.4, 0.5) is 19.0 Å². The highest BCUT2D eigenvalue weighted by Crippen LogP contribution is 2.28. The highest BCUT2D eigenvalue weighted by Gasteiger charge is 2.34. The van der Waals surface area contributed by atoms with Crippen LogP contribution < -0.4 is 10.5 Å². The van der Waals surface area contributed by atoms with Gasteiger partial charge in [-0.25, -0.2) is 5.10 Å². The predicted molar refractivity (Wildman–Crippen MR) is 78.6 cm³/mol. The van der Waals surface area contributed by atoms with Gasteiger partial charge in [-0.3, -0.25) is 4.79 Å². The molecule has 1 N–H and O–H groups in total. The number of unbranched alkanes of at least 4 members (excludes halogenated alkanes) is 1. The molecular weight excluding hydrogens is 283 g/mol. The molecule has 0 fully saturated rings. The van der Waals surface area contributed by atoms with Gasteiger partial charge in [-0.1, -0.05) is 34.1 Å². The van der Waals surface area contributed by atoms with Crippen molar-refractivity contribution in [2.24, 2.45) is 0 Å². The third-order valence-corrected chi connectivity index (χ3v) is 2.69. The summed E-state index contributed by atoms with van der Waals surface area (Å²) in [5.74, 6) is 0.169. The summed E-state index contributed by atoms with van der Waals surface area (Å²) in [6, 6.07) is 0.824. The average Bonchev–Trinajstić information content (AvgIpc) is 2.45. The molecule has 0 spiro atoms. The van der Waals surface area contributed by atoms with E-state index in [-0.39, 0.29) is 5.82 Å². The Labute approximate surface area is 123 Å². The van der Waals surface area contributed by atoms with Crippen LogP contribution in [0.2, 0.25) is 0 Å². The fourth-order valence-corrected chi connectivity index (χ4v) is 1.73. The van der Waals surface area contributed by atoms with Crippen molar-refractivity contribution in [3.63, 3.8) is 0 Å². The molecule has 0 aromatic carbocycles. The third-order valence-electron chi connectivity index (χ3n) is 2.69. The molecule has 0 atom stereocenters. The van der Waals surface area contributed by atoms with E-state index in [1.54, 1.807) is 4.90 Å². The van der Waals surface area contributed by atoms with Gasteiger partial charge in [0.25, 0.3) is 5.56 Å². The lowest BCUT2D eigenvalue weighted by molar-refractivity contribution is -0.138. The summed E-state index contributed by atoms with van der Waals surface area (Å²) in [5.41, 5.74) is -2.40. The van der Waals surface area contributed by atoms with Crippen molar-refractivity contribution in [1.82, 2.24) is 10.2 Å². The first-order valence-electron chi connectivity index (χ1n) is 7.32. The molecule has 21 heavy (non-hydrogen) atoms. The monoisotopic (exact) mass is 307 g/mol. The van der Waals surface area contributed by atoms with E-state index in [0.717, 1.165) is 25.3 Å². The van der Waals surface area contributed by atoms with Crippen LogP contribution in [-0.4, -0.2) is 23.3 Å². The van der Waals surface area contributed by atoms with Gasteiger partial charge >= 0.3 is 6.18 Å². The van der Waals surface area contributed by atoms with Crippen LogP contribution >= 0.6 is 0 Å². The second kappa shape index (κ2) is 9.41. The van der Waals surface area contributed by atoms with E-state index in [0.29, 0.717) is 13.1 Å². The molecule has 1 aromatic heterocycles. The molecule has 1 rings (SSSR count). The van der Waals surface area contributed by atoms with Gasteiger partial charge in [-0.2, -0.15) is 18.3 Å². The van der Waals surface area contributed by atoms with Crippen molar-refractivity contribution >= 4 is 5.82 Å². The first-order chi connectivity index (χ1) is 9.90. The molecule has 0 unspecified atom stereocenters. The smallest absolute Gasteiger partial charge is 0.355 e. The van der Waals surface area contributed by atoms with Crippen molar-refractivity contribution in [1.29, 1.82) is 0 Å². The molecule has 0 aliphatic carbocycles. The molecule has 0 saturated heterocycles. The van der Waals surface area contributed by atoms with Crippen LogP contribution in [0, 0.1) is 0 Å². The van der Waals surface area contributed by atoms with E-state index in [1.165, 1.54) is 0 Å². The Morgan fingerprint density at radius 1 is 1.19 bits per heavy atom. The van der Waals surface area contributed by atoms with E-state index >= 15 is 0 Å². The van der Waals surface area contributed by atoms with Crippen molar-refractivity contribution in [2.75, 3.05) is 18.0 Å². The van der Waals surface area contributed by atoms with Gasteiger partial charge in [0, 0.05) is 19.2 Å². The van der Waals surface area contributed by atoms with Crippen LogP contribution in [-0.2, 0) is 6.18 Å². The minimum Gasteiger partial charge on any atom is -0.355 e. The number of halogens is 3. The second-order valence-corrected chi connectivity index (χ2v) is 4.31. The summed E-state index contributed by atoms with van der Waals surface area (Å²) >= 11 is 0. The number of anilines is 1. The molecule has 7 heteroatoms. The van der Waals surface area contributed by atoms with Crippen LogP contribution in [0.15, 0.2) is 10.9 Å². The fourth-order valence-electron chi connectivity index (χ4n) is 1.73. The van der Waals surface area contributed by atoms with Gasteiger partial charge in [0.05, 0.1) is 0 Å². The molecule has 0 amide bonds. The summed E-state index contributed by atoms with van der Waals surface area (Å²) in [5, 5.41) is 5.64. The highest BCUT2D eigenvalue weighted by molar-refractivity contribution is 5.40. The Morgan fingerprint density at radius 2 is 1.81 bits per heavy atom. The first-order valence-corrected chi connectivity index (χ1v) is 7.32. The number of aromatic amines is 1. The van der Waals surface area contributed by atoms with E-state index in [4.69, 9.17) is 0 Å². The summed E-state index contributed by atoms with van der Waals surface area (Å²) in [6.07, 6.45) is -2.06. The van der Waals surface area contributed by atoms with Crippen LogP contribution in [0.25, 0.3) is 0 Å². The molecule has 4 nitrogen and oxygen atoms in total. The van der Waals surface area contributed by atoms with Gasteiger partial charge < -0.3 is 4.90 Å². The first kappa shape index (κ1) is 19.5. The summed E-state index contributed by atoms with van der Waals surface area (Å²) in [6.45, 7) is 9.18. The zero-order valence-electron chi connectivity index (χ0n) is 13.0. The molecular formula is C14H24F3N3O. The average molecular weight is 307 g/mol. The Balaban J connectivity index is 0.00000191. The number of H-pyrrole nitrogens is 1. The maximum Gasteiger partial charge on any atom is 0.421 e. The van der Waals surface area contributed by atoms with Gasteiger partial charge in [0.1, 0.15) is 11.4 Å². The van der Waals surface area contributed by atoms with Gasteiger partial charge in [-0.05, 0) is 12.8 Å². The van der Waals surface area contributed by atoms with Crippen molar-refractivity contribution in [3.05, 3.63) is 22.0 Å². The molecule has 122 valence electrons. The topological polar surface area (TPSA) is 49.0 Å². The molecule has 1 aromatic rings. The Hall–Kier alpha value is -1.53. The lowest BCUT2D eigenvalue weighted by atomic mass is 10.2. The number of nitrogens with one attached hydrogen (secondary N) is 1. The number of rotatable bonds is 6. The zero-order chi connectivity index (χ0) is 16.5. The number of alkyl halides is 3. The quantitative estimate of drug-likeness (QED) is 0.869. The Morgan fingerprint density at radius 3 is 2.29 bits per heavy atom. The summed E-state index contributed by atoms with van der Waals surface area (Å²) < 4.78 is 38.0. The number of hydrogen-bond donors (Lipinski definition) is 1. The molecule has 0 saturated carbocycles. The van der Waals surface area contributed by atoms with Gasteiger partial charge in [0.15, 0.2) is 0 Å². The van der Waals surface area contributed by atoms with E-state index in [9.17, 15) is 18.0 Å². The van der Waals surface area contributed by atoms with E-state index in [1.807, 2.05) is 32.8 Å².